The molecule has 13 heavy (non-hydrogen) atoms. The quantitative estimate of drug-likeness (QED) is 0.669. The van der Waals surface area contributed by atoms with Gasteiger partial charge in [0, 0.05) is 11.1 Å². The van der Waals surface area contributed by atoms with Crippen LogP contribution in [0.4, 0.5) is 0 Å². The zero-order valence-electron chi connectivity index (χ0n) is 7.28. The zero-order valence-corrected chi connectivity index (χ0v) is 8.79. The number of fused-ring (bicyclic) bond motifs is 1. The maximum Gasteiger partial charge on any atom is 0.154 e. The third-order valence-electron chi connectivity index (χ3n) is 2.22. The Morgan fingerprint density at radius 1 is 1.31 bits per heavy atom. The van der Waals surface area contributed by atoms with E-state index >= 15 is 0 Å². The normalized spacial score (nSPS) is 11.1. The molecule has 0 radical (unpaired) electrons. The first-order valence-electron chi connectivity index (χ1n) is 3.90. The van der Waals surface area contributed by atoms with Crippen LogP contribution in [0.5, 0.6) is 0 Å². The number of rotatable bonds is 0. The average Bonchev–Trinajstić information content (AvgIpc) is 2.32. The Balaban J connectivity index is 2.94. The van der Waals surface area contributed by atoms with Crippen LogP contribution in [-0.2, 0) is 0 Å². The Morgan fingerprint density at radius 2 is 2.00 bits per heavy atom. The van der Waals surface area contributed by atoms with E-state index < -0.39 is 0 Å². The van der Waals surface area contributed by atoms with E-state index in [1.807, 2.05) is 19.9 Å². The third-order valence-corrected chi connectivity index (χ3v) is 2.69. The summed E-state index contributed by atoms with van der Waals surface area (Å²) in [6, 6.07) is 1.82. The molecule has 0 unspecified atom stereocenters. The Morgan fingerprint density at radius 3 is 2.69 bits per heavy atom. The molecule has 68 valence electrons. The van der Waals surface area contributed by atoms with Gasteiger partial charge in [-0.3, -0.25) is 0 Å². The van der Waals surface area contributed by atoms with Gasteiger partial charge >= 0.3 is 0 Å². The van der Waals surface area contributed by atoms with E-state index in [0.717, 1.165) is 16.6 Å². The number of aromatic nitrogens is 2. The molecule has 0 spiro atoms. The second kappa shape index (κ2) is 2.89. The van der Waals surface area contributed by atoms with Crippen molar-refractivity contribution in [3.05, 3.63) is 27.6 Å². The van der Waals surface area contributed by atoms with Crippen molar-refractivity contribution in [2.24, 2.45) is 0 Å². The van der Waals surface area contributed by atoms with Gasteiger partial charge in [-0.15, -0.1) is 0 Å². The Hall–Kier alpha value is -0.730. The van der Waals surface area contributed by atoms with Crippen LogP contribution in [0.25, 0.3) is 10.9 Å². The van der Waals surface area contributed by atoms with Gasteiger partial charge < -0.3 is 4.98 Å². The summed E-state index contributed by atoms with van der Waals surface area (Å²) in [6.07, 6.45) is 0. The second-order valence-electron chi connectivity index (χ2n) is 3.03. The molecule has 2 aromatic rings. The number of H-pyrrole nitrogens is 1. The molecular weight excluding hydrogens is 207 g/mol. The number of aryl methyl sites for hydroxylation is 2. The van der Waals surface area contributed by atoms with Crippen molar-refractivity contribution in [1.29, 1.82) is 0 Å². The minimum absolute atomic E-state index is 0.429. The smallest absolute Gasteiger partial charge is 0.154 e. The number of nitrogens with one attached hydrogen (secondary N) is 1. The summed E-state index contributed by atoms with van der Waals surface area (Å²) in [5, 5.41) is 1.90. The van der Waals surface area contributed by atoms with Crippen LogP contribution in [0.1, 0.15) is 11.3 Å². The van der Waals surface area contributed by atoms with Crippen LogP contribution in [0.3, 0.4) is 0 Å². The molecule has 4 heteroatoms. The van der Waals surface area contributed by atoms with Gasteiger partial charge in [-0.1, -0.05) is 23.2 Å². The van der Waals surface area contributed by atoms with Gasteiger partial charge in [0.1, 0.15) is 5.15 Å². The molecule has 0 bridgehead atoms. The van der Waals surface area contributed by atoms with Gasteiger partial charge in [0.2, 0.25) is 0 Å². The molecule has 0 atom stereocenters. The van der Waals surface area contributed by atoms with E-state index in [1.165, 1.54) is 5.56 Å². The lowest BCUT2D eigenvalue weighted by Gasteiger charge is -1.95. The van der Waals surface area contributed by atoms with E-state index in [2.05, 4.69) is 9.97 Å². The summed E-state index contributed by atoms with van der Waals surface area (Å²) >= 11 is 11.7. The first kappa shape index (κ1) is 8.85. The van der Waals surface area contributed by atoms with Crippen molar-refractivity contribution >= 4 is 34.1 Å². The second-order valence-corrected chi connectivity index (χ2v) is 3.78. The molecule has 0 saturated heterocycles. The molecule has 0 fully saturated rings. The van der Waals surface area contributed by atoms with Gasteiger partial charge in [-0.05, 0) is 25.5 Å². The highest BCUT2D eigenvalue weighted by molar-refractivity contribution is 6.36. The largest absolute Gasteiger partial charge is 0.356 e. The minimum Gasteiger partial charge on any atom is -0.356 e. The summed E-state index contributed by atoms with van der Waals surface area (Å²) in [5.74, 6) is 0. The van der Waals surface area contributed by atoms with Crippen molar-refractivity contribution in [3.63, 3.8) is 0 Å². The van der Waals surface area contributed by atoms with E-state index in [-0.39, 0.29) is 0 Å². The average molecular weight is 215 g/mol. The topological polar surface area (TPSA) is 28.7 Å². The van der Waals surface area contributed by atoms with Crippen LogP contribution in [0.15, 0.2) is 6.07 Å². The lowest BCUT2D eigenvalue weighted by molar-refractivity contribution is 1.25. The molecule has 0 aliphatic heterocycles. The van der Waals surface area contributed by atoms with Crippen molar-refractivity contribution in [1.82, 2.24) is 9.97 Å². The molecule has 0 saturated carbocycles. The van der Waals surface area contributed by atoms with Crippen molar-refractivity contribution in [3.8, 4) is 0 Å². The number of hydrogen-bond acceptors (Lipinski definition) is 1. The Labute approximate surface area is 85.9 Å². The van der Waals surface area contributed by atoms with Crippen LogP contribution < -0.4 is 0 Å². The summed E-state index contributed by atoms with van der Waals surface area (Å²) in [7, 11) is 0. The highest BCUT2D eigenvalue weighted by Gasteiger charge is 2.09. The monoisotopic (exact) mass is 214 g/mol. The molecule has 0 amide bonds. The van der Waals surface area contributed by atoms with Crippen LogP contribution in [0, 0.1) is 13.8 Å². The summed E-state index contributed by atoms with van der Waals surface area (Å²) in [5.41, 5.74) is 3.13. The van der Waals surface area contributed by atoms with Gasteiger partial charge in [0.25, 0.3) is 0 Å². The lowest BCUT2D eigenvalue weighted by Crippen LogP contribution is -1.78. The van der Waals surface area contributed by atoms with Gasteiger partial charge in [-0.25, -0.2) is 4.98 Å². The number of pyridine rings is 1. The standard InChI is InChI=1S/C9H8Cl2N2/c1-4-5(2)12-8-6(4)3-7(10)13-9(8)11/h3,12H,1-2H3. The van der Waals surface area contributed by atoms with E-state index in [1.54, 1.807) is 0 Å². The molecule has 2 rings (SSSR count). The maximum absolute atomic E-state index is 5.92. The molecule has 2 aromatic heterocycles. The molecule has 0 aliphatic carbocycles. The fourth-order valence-corrected chi connectivity index (χ4v) is 1.86. The van der Waals surface area contributed by atoms with Crippen LogP contribution in [0.2, 0.25) is 10.3 Å². The summed E-state index contributed by atoms with van der Waals surface area (Å²) in [4.78, 5) is 7.12. The van der Waals surface area contributed by atoms with Gasteiger partial charge in [0.05, 0.1) is 5.52 Å². The third kappa shape index (κ3) is 1.30. The molecular formula is C9H8Cl2N2. The van der Waals surface area contributed by atoms with E-state index in [0.29, 0.717) is 10.3 Å². The van der Waals surface area contributed by atoms with Crippen molar-refractivity contribution in [2.75, 3.05) is 0 Å². The SMILES string of the molecule is Cc1[nH]c2c(Cl)nc(Cl)cc2c1C. The van der Waals surface area contributed by atoms with E-state index in [9.17, 15) is 0 Å². The fraction of sp³-hybridized carbons (Fsp3) is 0.222. The number of hydrogen-bond donors (Lipinski definition) is 1. The highest BCUT2D eigenvalue weighted by atomic mass is 35.5. The minimum atomic E-state index is 0.429. The molecule has 2 nitrogen and oxygen atoms in total. The molecule has 2 heterocycles. The molecule has 1 N–H and O–H groups in total. The summed E-state index contributed by atoms with van der Waals surface area (Å²) < 4.78 is 0. The Kier molecular flexibility index (Phi) is 1.97. The molecule has 0 aromatic carbocycles. The first-order chi connectivity index (χ1) is 6.09. The fourth-order valence-electron chi connectivity index (χ4n) is 1.38. The summed E-state index contributed by atoms with van der Waals surface area (Å²) in [6.45, 7) is 4.03. The van der Waals surface area contributed by atoms with Crippen LogP contribution in [-0.4, -0.2) is 9.97 Å². The van der Waals surface area contributed by atoms with Crippen molar-refractivity contribution < 1.29 is 0 Å². The van der Waals surface area contributed by atoms with Crippen molar-refractivity contribution in [2.45, 2.75) is 13.8 Å². The molecule has 0 aliphatic rings. The number of aromatic amines is 1. The zero-order chi connectivity index (χ0) is 9.59. The van der Waals surface area contributed by atoms with Crippen LogP contribution >= 0.6 is 23.2 Å². The number of nitrogens with zero attached hydrogens (tertiary/aromatic N) is 1. The van der Waals surface area contributed by atoms with Gasteiger partial charge in [0.15, 0.2) is 5.15 Å². The predicted molar refractivity (Wildman–Crippen MR) is 55.6 cm³/mol. The maximum atomic E-state index is 5.92. The Bertz CT molecular complexity index is 474. The number of halogens is 2. The van der Waals surface area contributed by atoms with E-state index in [4.69, 9.17) is 23.2 Å². The predicted octanol–water partition coefficient (Wildman–Crippen LogP) is 3.49. The lowest BCUT2D eigenvalue weighted by atomic mass is 10.2. The first-order valence-corrected chi connectivity index (χ1v) is 4.66. The van der Waals surface area contributed by atoms with Gasteiger partial charge in [-0.2, -0.15) is 0 Å². The highest BCUT2D eigenvalue weighted by Crippen LogP contribution is 2.28.